The molecule has 1 fully saturated rings. The molecule has 1 saturated heterocycles. The van der Waals surface area contributed by atoms with Gasteiger partial charge in [-0.15, -0.1) is 0 Å². The first-order valence-corrected chi connectivity index (χ1v) is 19.7. The summed E-state index contributed by atoms with van der Waals surface area (Å²) >= 11 is 0. The molecule has 4 rings (SSSR count). The fraction of sp³-hybridized carbons (Fsp3) is 0.548. The van der Waals surface area contributed by atoms with Gasteiger partial charge in [0, 0.05) is 33.5 Å². The van der Waals surface area contributed by atoms with E-state index < -0.39 is 71.8 Å². The maximum absolute atomic E-state index is 14.4. The molecule has 0 aromatic heterocycles. The van der Waals surface area contributed by atoms with Gasteiger partial charge in [0.1, 0.15) is 23.9 Å². The average Bonchev–Trinajstić information content (AvgIpc) is 3.59. The van der Waals surface area contributed by atoms with Crippen molar-refractivity contribution in [1.29, 1.82) is 0 Å². The van der Waals surface area contributed by atoms with E-state index in [1.807, 2.05) is 45.9 Å². The van der Waals surface area contributed by atoms with Gasteiger partial charge in [0.05, 0.1) is 37.3 Å². The van der Waals surface area contributed by atoms with Crippen LogP contribution in [0.5, 0.6) is 5.75 Å². The van der Waals surface area contributed by atoms with Gasteiger partial charge in [-0.3, -0.25) is 33.6 Å². The Balaban J connectivity index is 1.50. The van der Waals surface area contributed by atoms with E-state index in [0.29, 0.717) is 42.7 Å². The Bertz CT molecular complexity index is 1770. The third kappa shape index (κ3) is 12.3. The van der Waals surface area contributed by atoms with Crippen LogP contribution in [0, 0.1) is 5.92 Å². The van der Waals surface area contributed by atoms with Gasteiger partial charge >= 0.3 is 0 Å². The van der Waals surface area contributed by atoms with Crippen molar-refractivity contribution < 1.29 is 43.0 Å². The molecule has 6 atom stereocenters. The Hall–Kier alpha value is -5.31. The molecular formula is C42H58N6O9. The lowest BCUT2D eigenvalue weighted by molar-refractivity contribution is -0.144. The molecule has 1 unspecified atom stereocenters. The molecule has 57 heavy (non-hydrogen) atoms. The van der Waals surface area contributed by atoms with Crippen LogP contribution < -0.4 is 26.0 Å². The third-order valence-electron chi connectivity index (χ3n) is 10.3. The lowest BCUT2D eigenvalue weighted by Crippen LogP contribution is -2.57. The smallest absolute Gasteiger partial charge is 0.290 e. The first kappa shape index (κ1) is 44.4. The van der Waals surface area contributed by atoms with E-state index >= 15 is 0 Å². The van der Waals surface area contributed by atoms with Gasteiger partial charge < -0.3 is 40.5 Å². The Morgan fingerprint density at radius 2 is 1.72 bits per heavy atom. The van der Waals surface area contributed by atoms with Crippen molar-refractivity contribution in [2.75, 3.05) is 33.8 Å². The second-order valence-electron chi connectivity index (χ2n) is 15.6. The molecule has 15 heteroatoms. The molecule has 0 spiro atoms. The van der Waals surface area contributed by atoms with Gasteiger partial charge in [-0.2, -0.15) is 0 Å². The minimum Gasteiger partial charge on any atom is -0.493 e. The monoisotopic (exact) mass is 790 g/mol. The molecule has 2 aromatic rings. The molecule has 0 radical (unpaired) electrons. The summed E-state index contributed by atoms with van der Waals surface area (Å²) in [5.41, 5.74) is 0.559. The van der Waals surface area contributed by atoms with Gasteiger partial charge in [0.25, 0.3) is 5.91 Å². The summed E-state index contributed by atoms with van der Waals surface area (Å²) in [7, 11) is 3.11. The number of benzene rings is 2. The standard InChI is InChI=1S/C42H58N6O9/c1-8-14-31(37(51)39(53)43-24-34(50)46-36(40(54)47(6)7)28-16-11-10-12-17-28)44-38(52)32-23-30-25-48(32)41(55)35(26(3)9-2)45-33(49)22-27-15-13-18-29(21-27)56-20-19-42(4,5)57-30/h10-13,15-18,21,26,30-32,35-36H,8-9,14,19-20,22-25H2,1-7H3,(H,43,53)(H,44,52)(H,45,49)(H,46,50)/t26-,30+,31?,32-,35-,36-/m0/s1. The predicted molar refractivity (Wildman–Crippen MR) is 212 cm³/mol. The van der Waals surface area contributed by atoms with E-state index in [4.69, 9.17) is 9.47 Å². The van der Waals surface area contributed by atoms with Crippen molar-refractivity contribution in [3.63, 3.8) is 0 Å². The number of carbonyl (C=O) groups excluding carboxylic acids is 7. The molecule has 15 nitrogen and oxygen atoms in total. The number of ether oxygens (including phenoxy) is 2. The normalized spacial score (nSPS) is 21.2. The van der Waals surface area contributed by atoms with Gasteiger partial charge in [0.2, 0.25) is 35.3 Å². The number of rotatable bonds is 13. The zero-order valence-corrected chi connectivity index (χ0v) is 34.1. The van der Waals surface area contributed by atoms with Gasteiger partial charge in [0.15, 0.2) is 0 Å². The minimum atomic E-state index is -1.26. The van der Waals surface area contributed by atoms with Crippen molar-refractivity contribution in [2.45, 2.75) is 109 Å². The van der Waals surface area contributed by atoms with Crippen molar-refractivity contribution in [3.05, 3.63) is 65.7 Å². The highest BCUT2D eigenvalue weighted by atomic mass is 16.5. The number of hydrogen-bond donors (Lipinski definition) is 4. The number of nitrogens with zero attached hydrogens (tertiary/aromatic N) is 2. The lowest BCUT2D eigenvalue weighted by atomic mass is 9.96. The number of likely N-dealkylation sites (N-methyl/N-ethyl adjacent to an activating group) is 1. The second-order valence-corrected chi connectivity index (χ2v) is 15.6. The molecule has 2 heterocycles. The number of Topliss-reactive ketones (excluding diaryl/α,β-unsaturated/α-hetero) is 1. The number of amides is 6. The van der Waals surface area contributed by atoms with E-state index in [2.05, 4.69) is 21.3 Å². The van der Waals surface area contributed by atoms with Crippen LogP contribution in [0.2, 0.25) is 0 Å². The molecule has 6 amide bonds. The van der Waals surface area contributed by atoms with Crippen LogP contribution in [0.1, 0.15) is 83.9 Å². The lowest BCUT2D eigenvalue weighted by Gasteiger charge is -2.32. The van der Waals surface area contributed by atoms with E-state index in [1.165, 1.54) is 9.80 Å². The van der Waals surface area contributed by atoms with Crippen LogP contribution in [0.25, 0.3) is 0 Å². The Labute approximate surface area is 335 Å². The summed E-state index contributed by atoms with van der Waals surface area (Å²) in [4.78, 5) is 97.1. The maximum atomic E-state index is 14.4. The van der Waals surface area contributed by atoms with Gasteiger partial charge in [-0.25, -0.2) is 0 Å². The van der Waals surface area contributed by atoms with Crippen LogP contribution in [0.4, 0.5) is 0 Å². The molecular weight excluding hydrogens is 732 g/mol. The quantitative estimate of drug-likeness (QED) is 0.220. The summed E-state index contributed by atoms with van der Waals surface area (Å²) in [5, 5.41) is 10.6. The zero-order chi connectivity index (χ0) is 41.9. The first-order chi connectivity index (χ1) is 27.0. The summed E-state index contributed by atoms with van der Waals surface area (Å²) < 4.78 is 12.5. The highest BCUT2D eigenvalue weighted by Gasteiger charge is 2.45. The number of fused-ring (bicyclic) bond motifs is 4. The van der Waals surface area contributed by atoms with Gasteiger partial charge in [-0.1, -0.05) is 76.1 Å². The van der Waals surface area contributed by atoms with E-state index in [9.17, 15) is 33.6 Å². The van der Waals surface area contributed by atoms with Crippen LogP contribution >= 0.6 is 0 Å². The van der Waals surface area contributed by atoms with Gasteiger partial charge in [-0.05, 0) is 49.4 Å². The molecule has 2 aliphatic rings. The third-order valence-corrected chi connectivity index (χ3v) is 10.3. The van der Waals surface area contributed by atoms with Crippen LogP contribution in [-0.2, 0) is 44.7 Å². The highest BCUT2D eigenvalue weighted by Crippen LogP contribution is 2.29. The topological polar surface area (TPSA) is 193 Å². The van der Waals surface area contributed by atoms with Crippen molar-refractivity contribution >= 4 is 41.2 Å². The first-order valence-electron chi connectivity index (χ1n) is 19.7. The molecule has 4 N–H and O–H groups in total. The fourth-order valence-electron chi connectivity index (χ4n) is 6.95. The van der Waals surface area contributed by atoms with Crippen LogP contribution in [0.15, 0.2) is 54.6 Å². The number of carbonyl (C=O) groups is 7. The Morgan fingerprint density at radius 3 is 2.39 bits per heavy atom. The molecule has 0 saturated carbocycles. The molecule has 2 aliphatic heterocycles. The van der Waals surface area contributed by atoms with E-state index in [-0.39, 0.29) is 43.5 Å². The molecule has 0 aliphatic carbocycles. The van der Waals surface area contributed by atoms with Crippen LogP contribution in [-0.4, -0.2) is 115 Å². The van der Waals surface area contributed by atoms with E-state index in [0.717, 1.165) is 0 Å². The second kappa shape index (κ2) is 20.2. The Morgan fingerprint density at radius 1 is 1.00 bits per heavy atom. The molecule has 2 aromatic carbocycles. The maximum Gasteiger partial charge on any atom is 0.290 e. The summed E-state index contributed by atoms with van der Waals surface area (Å²) in [6.45, 7) is 9.16. The Kier molecular flexibility index (Phi) is 15.7. The fourth-order valence-corrected chi connectivity index (χ4v) is 6.95. The number of ketones is 1. The molecule has 310 valence electrons. The highest BCUT2D eigenvalue weighted by molar-refractivity contribution is 6.38. The SMILES string of the molecule is CCCC(NC(=O)[C@@H]1C[C@@H]2CN1C(=O)[C@H]([C@@H](C)CC)NC(=O)Cc1cccc(c1)OCCC(C)(C)O2)C(=O)C(=O)NCC(=O)N[C@H](C(=O)N(C)C)c1ccccc1. The van der Waals surface area contributed by atoms with E-state index in [1.54, 1.807) is 57.4 Å². The van der Waals surface area contributed by atoms with Crippen molar-refractivity contribution in [3.8, 4) is 5.75 Å². The largest absolute Gasteiger partial charge is 0.493 e. The zero-order valence-electron chi connectivity index (χ0n) is 34.1. The summed E-state index contributed by atoms with van der Waals surface area (Å²) in [5.74, 6) is -4.27. The number of hydrogen-bond acceptors (Lipinski definition) is 9. The minimum absolute atomic E-state index is 0.0188. The summed E-state index contributed by atoms with van der Waals surface area (Å²) in [6, 6.07) is 11.6. The van der Waals surface area contributed by atoms with Crippen LogP contribution in [0.3, 0.4) is 0 Å². The summed E-state index contributed by atoms with van der Waals surface area (Å²) in [6.07, 6.45) is 1.16. The van der Waals surface area contributed by atoms with Crippen molar-refractivity contribution in [2.24, 2.45) is 5.92 Å². The number of nitrogens with one attached hydrogen (secondary N) is 4. The molecule has 4 bridgehead atoms. The predicted octanol–water partition coefficient (Wildman–Crippen LogP) is 2.22. The van der Waals surface area contributed by atoms with Crippen molar-refractivity contribution in [1.82, 2.24) is 31.1 Å². The average molecular weight is 791 g/mol.